The molecule has 1 amide bonds. The number of amides is 1. The third kappa shape index (κ3) is 4.79. The summed E-state index contributed by atoms with van der Waals surface area (Å²) in [6.45, 7) is 3.47. The van der Waals surface area contributed by atoms with Crippen LogP contribution in [0.5, 0.6) is 0 Å². The van der Waals surface area contributed by atoms with Crippen LogP contribution in [-0.4, -0.2) is 23.0 Å². The predicted octanol–water partition coefficient (Wildman–Crippen LogP) is 2.04. The van der Waals surface area contributed by atoms with E-state index in [9.17, 15) is 18.4 Å². The number of carbonyl (C=O) groups excluding carboxylic acids is 1. The topological polar surface area (TPSA) is 66.4 Å². The van der Waals surface area contributed by atoms with E-state index in [2.05, 4.69) is 11.9 Å². The molecule has 0 fully saturated rings. The van der Waals surface area contributed by atoms with Gasteiger partial charge in [0.1, 0.15) is 17.7 Å². The summed E-state index contributed by atoms with van der Waals surface area (Å²) in [7, 11) is 0. The van der Waals surface area contributed by atoms with E-state index in [-0.39, 0.29) is 18.4 Å². The quantitative estimate of drug-likeness (QED) is 0.753. The van der Waals surface area contributed by atoms with Crippen LogP contribution >= 0.6 is 0 Å². The number of carboxylic acids is 1. The summed E-state index contributed by atoms with van der Waals surface area (Å²) >= 11 is 0. The molecule has 0 aliphatic heterocycles. The van der Waals surface area contributed by atoms with Crippen molar-refractivity contribution in [2.45, 2.75) is 25.3 Å². The van der Waals surface area contributed by atoms with Crippen molar-refractivity contribution in [2.24, 2.45) is 0 Å². The SMILES string of the molecule is C=CCCC(NC(=O)Cc1ccc(F)cc1F)C(=O)O. The Bertz CT molecular complexity index is 517. The van der Waals surface area contributed by atoms with Gasteiger partial charge >= 0.3 is 5.97 Å². The normalized spacial score (nSPS) is 11.7. The number of hydrogen-bond acceptors (Lipinski definition) is 2. The van der Waals surface area contributed by atoms with Gasteiger partial charge in [-0.25, -0.2) is 13.6 Å². The molecule has 4 nitrogen and oxygen atoms in total. The first kappa shape index (κ1) is 15.8. The molecule has 0 heterocycles. The van der Waals surface area contributed by atoms with Crippen molar-refractivity contribution in [3.63, 3.8) is 0 Å². The van der Waals surface area contributed by atoms with Crippen molar-refractivity contribution in [3.05, 3.63) is 48.1 Å². The van der Waals surface area contributed by atoms with E-state index < -0.39 is 29.6 Å². The number of carbonyl (C=O) groups is 2. The van der Waals surface area contributed by atoms with E-state index in [1.54, 1.807) is 6.08 Å². The zero-order valence-corrected chi connectivity index (χ0v) is 10.7. The first-order valence-corrected chi connectivity index (χ1v) is 6.01. The van der Waals surface area contributed by atoms with Crippen LogP contribution in [0.25, 0.3) is 0 Å². The number of aliphatic carboxylic acids is 1. The van der Waals surface area contributed by atoms with Gasteiger partial charge in [-0.15, -0.1) is 6.58 Å². The van der Waals surface area contributed by atoms with Crippen LogP contribution in [-0.2, 0) is 16.0 Å². The Morgan fingerprint density at radius 3 is 2.65 bits per heavy atom. The smallest absolute Gasteiger partial charge is 0.326 e. The Labute approximate surface area is 115 Å². The second-order valence-electron chi connectivity index (χ2n) is 4.24. The van der Waals surface area contributed by atoms with E-state index >= 15 is 0 Å². The Kier molecular flexibility index (Phi) is 5.83. The van der Waals surface area contributed by atoms with Crippen molar-refractivity contribution in [1.29, 1.82) is 0 Å². The molecule has 0 spiro atoms. The Morgan fingerprint density at radius 1 is 1.40 bits per heavy atom. The largest absolute Gasteiger partial charge is 0.480 e. The molecular weight excluding hydrogens is 268 g/mol. The van der Waals surface area contributed by atoms with Gasteiger partial charge in [0, 0.05) is 6.07 Å². The van der Waals surface area contributed by atoms with Crippen molar-refractivity contribution in [1.82, 2.24) is 5.32 Å². The van der Waals surface area contributed by atoms with Crippen LogP contribution in [0.2, 0.25) is 0 Å². The highest BCUT2D eigenvalue weighted by Crippen LogP contribution is 2.10. The van der Waals surface area contributed by atoms with Gasteiger partial charge in [-0.05, 0) is 24.5 Å². The van der Waals surface area contributed by atoms with Crippen molar-refractivity contribution >= 4 is 11.9 Å². The summed E-state index contributed by atoms with van der Waals surface area (Å²) in [5, 5.41) is 11.2. The van der Waals surface area contributed by atoms with Crippen molar-refractivity contribution < 1.29 is 23.5 Å². The van der Waals surface area contributed by atoms with Crippen LogP contribution in [0.1, 0.15) is 18.4 Å². The zero-order chi connectivity index (χ0) is 15.1. The molecule has 0 aliphatic rings. The molecule has 108 valence electrons. The number of halogens is 2. The number of allylic oxidation sites excluding steroid dienone is 1. The molecule has 0 aromatic heterocycles. The van der Waals surface area contributed by atoms with Crippen LogP contribution in [0.4, 0.5) is 8.78 Å². The summed E-state index contributed by atoms with van der Waals surface area (Å²) in [6, 6.07) is 1.82. The maximum Gasteiger partial charge on any atom is 0.326 e. The monoisotopic (exact) mass is 283 g/mol. The van der Waals surface area contributed by atoms with E-state index in [4.69, 9.17) is 5.11 Å². The molecule has 0 aliphatic carbocycles. The second-order valence-corrected chi connectivity index (χ2v) is 4.24. The fourth-order valence-corrected chi connectivity index (χ4v) is 1.63. The van der Waals surface area contributed by atoms with Crippen LogP contribution < -0.4 is 5.32 Å². The molecule has 6 heteroatoms. The molecule has 1 aromatic carbocycles. The van der Waals surface area contributed by atoms with Crippen molar-refractivity contribution in [2.75, 3.05) is 0 Å². The van der Waals surface area contributed by atoms with Gasteiger partial charge in [-0.2, -0.15) is 0 Å². The van der Waals surface area contributed by atoms with E-state index in [0.717, 1.165) is 12.1 Å². The fourth-order valence-electron chi connectivity index (χ4n) is 1.63. The predicted molar refractivity (Wildman–Crippen MR) is 69.1 cm³/mol. The number of carboxylic acid groups (broad SMARTS) is 1. The van der Waals surface area contributed by atoms with E-state index in [1.165, 1.54) is 0 Å². The fraction of sp³-hybridized carbons (Fsp3) is 0.286. The number of nitrogens with one attached hydrogen (secondary N) is 1. The van der Waals surface area contributed by atoms with E-state index in [0.29, 0.717) is 12.5 Å². The van der Waals surface area contributed by atoms with Gasteiger partial charge < -0.3 is 10.4 Å². The summed E-state index contributed by atoms with van der Waals surface area (Å²) in [5.74, 6) is -3.37. The lowest BCUT2D eigenvalue weighted by Crippen LogP contribution is -2.41. The molecule has 0 bridgehead atoms. The third-order valence-electron chi connectivity index (χ3n) is 2.66. The van der Waals surface area contributed by atoms with Gasteiger partial charge in [0.15, 0.2) is 0 Å². The number of rotatable bonds is 7. The molecular formula is C14H15F2NO3. The van der Waals surface area contributed by atoms with Crippen LogP contribution in [0.15, 0.2) is 30.9 Å². The maximum atomic E-state index is 13.4. The van der Waals surface area contributed by atoms with Crippen LogP contribution in [0.3, 0.4) is 0 Å². The molecule has 0 radical (unpaired) electrons. The lowest BCUT2D eigenvalue weighted by atomic mass is 10.1. The number of benzene rings is 1. The molecule has 0 saturated carbocycles. The van der Waals surface area contributed by atoms with Gasteiger partial charge in [0.05, 0.1) is 6.42 Å². The molecule has 2 N–H and O–H groups in total. The number of hydrogen-bond donors (Lipinski definition) is 2. The summed E-state index contributed by atoms with van der Waals surface area (Å²) in [5.41, 5.74) is 0.0109. The highest BCUT2D eigenvalue weighted by Gasteiger charge is 2.19. The van der Waals surface area contributed by atoms with Gasteiger partial charge in [-0.1, -0.05) is 12.1 Å². The lowest BCUT2D eigenvalue weighted by molar-refractivity contribution is -0.141. The Morgan fingerprint density at radius 2 is 2.10 bits per heavy atom. The van der Waals surface area contributed by atoms with Gasteiger partial charge in [-0.3, -0.25) is 4.79 Å². The Hall–Kier alpha value is -2.24. The molecule has 1 aromatic rings. The summed E-state index contributed by atoms with van der Waals surface area (Å²) in [6.07, 6.45) is 1.84. The first-order chi connectivity index (χ1) is 9.43. The third-order valence-corrected chi connectivity index (χ3v) is 2.66. The minimum atomic E-state index is -1.17. The first-order valence-electron chi connectivity index (χ1n) is 6.01. The lowest BCUT2D eigenvalue weighted by Gasteiger charge is -2.13. The molecule has 1 rings (SSSR count). The molecule has 1 unspecified atom stereocenters. The summed E-state index contributed by atoms with van der Waals surface area (Å²) < 4.78 is 26.1. The maximum absolute atomic E-state index is 13.4. The molecule has 0 saturated heterocycles. The van der Waals surface area contributed by atoms with Crippen molar-refractivity contribution in [3.8, 4) is 0 Å². The second kappa shape index (κ2) is 7.37. The molecule has 1 atom stereocenters. The zero-order valence-electron chi connectivity index (χ0n) is 10.7. The standard InChI is InChI=1S/C14H15F2NO3/c1-2-3-4-12(14(19)20)17-13(18)7-9-5-6-10(15)8-11(9)16/h2,5-6,8,12H,1,3-4,7H2,(H,17,18)(H,19,20). The minimum absolute atomic E-state index is 0.0109. The average molecular weight is 283 g/mol. The van der Waals surface area contributed by atoms with Gasteiger partial charge in [0.25, 0.3) is 0 Å². The van der Waals surface area contributed by atoms with Gasteiger partial charge in [0.2, 0.25) is 5.91 Å². The average Bonchev–Trinajstić information content (AvgIpc) is 2.37. The summed E-state index contributed by atoms with van der Waals surface area (Å²) in [4.78, 5) is 22.6. The van der Waals surface area contributed by atoms with Crippen LogP contribution in [0, 0.1) is 11.6 Å². The minimum Gasteiger partial charge on any atom is -0.480 e. The highest BCUT2D eigenvalue weighted by atomic mass is 19.1. The Balaban J connectivity index is 2.65. The highest BCUT2D eigenvalue weighted by molar-refractivity contribution is 5.84. The molecule has 20 heavy (non-hydrogen) atoms. The van der Waals surface area contributed by atoms with E-state index in [1.807, 2.05) is 0 Å².